The lowest BCUT2D eigenvalue weighted by atomic mass is 10.1. The fourth-order valence-electron chi connectivity index (χ4n) is 2.38. The number of nitrogens with zero attached hydrogens (tertiary/aromatic N) is 2. The molecule has 2 rings (SSSR count). The summed E-state index contributed by atoms with van der Waals surface area (Å²) in [5.41, 5.74) is 17.7. The molecular weight excluding hydrogens is 272 g/mol. The lowest BCUT2D eigenvalue weighted by molar-refractivity contribution is 0.954. The molecule has 0 spiro atoms. The van der Waals surface area contributed by atoms with Crippen LogP contribution < -0.4 is 11.5 Å². The molecule has 0 aromatic heterocycles. The quantitative estimate of drug-likeness (QED) is 0.797. The zero-order chi connectivity index (χ0) is 15.9. The highest BCUT2D eigenvalue weighted by molar-refractivity contribution is 5.51. The Hall–Kier alpha value is -2.04. The lowest BCUT2D eigenvalue weighted by Crippen LogP contribution is -2.03. The number of benzene rings is 2. The normalized spacial score (nSPS) is 11.3. The third-order valence-electron chi connectivity index (χ3n) is 3.57. The van der Waals surface area contributed by atoms with E-state index in [1.54, 1.807) is 0 Å². The molecule has 0 aliphatic rings. The topological polar surface area (TPSA) is 76.8 Å². The first-order chi connectivity index (χ1) is 10.6. The van der Waals surface area contributed by atoms with Gasteiger partial charge in [-0.25, -0.2) is 0 Å². The number of hydrogen-bond donors (Lipinski definition) is 2. The van der Waals surface area contributed by atoms with Crippen LogP contribution in [0.25, 0.3) is 0 Å². The summed E-state index contributed by atoms with van der Waals surface area (Å²) in [6.45, 7) is 5.32. The number of azo groups is 1. The summed E-state index contributed by atoms with van der Waals surface area (Å²) < 4.78 is 0. The van der Waals surface area contributed by atoms with E-state index in [1.165, 1.54) is 11.1 Å². The molecule has 0 heterocycles. The van der Waals surface area contributed by atoms with Crippen LogP contribution in [-0.2, 0) is 12.8 Å². The summed E-state index contributed by atoms with van der Waals surface area (Å²) in [6.07, 6.45) is 1.61. The predicted octanol–water partition coefficient (Wildman–Crippen LogP) is 3.72. The van der Waals surface area contributed by atoms with E-state index in [1.807, 2.05) is 12.1 Å². The Morgan fingerprint density at radius 3 is 1.50 bits per heavy atom. The first-order valence-corrected chi connectivity index (χ1v) is 7.65. The van der Waals surface area contributed by atoms with Gasteiger partial charge < -0.3 is 11.5 Å². The molecule has 2 aromatic rings. The minimum Gasteiger partial charge on any atom is -0.330 e. The van der Waals surface area contributed by atoms with Crippen molar-refractivity contribution >= 4 is 11.4 Å². The lowest BCUT2D eigenvalue weighted by Gasteiger charge is -2.07. The summed E-state index contributed by atoms with van der Waals surface area (Å²) in [6, 6.07) is 12.4. The fraction of sp³-hybridized carbons (Fsp3) is 0.333. The van der Waals surface area contributed by atoms with Gasteiger partial charge in [-0.05, 0) is 74.2 Å². The molecule has 0 aliphatic carbocycles. The molecule has 116 valence electrons. The predicted molar refractivity (Wildman–Crippen MR) is 92.1 cm³/mol. The molecule has 0 saturated heterocycles. The number of nitrogens with two attached hydrogens (primary N) is 2. The van der Waals surface area contributed by atoms with Gasteiger partial charge in [-0.2, -0.15) is 10.2 Å². The molecule has 4 heteroatoms. The summed E-state index contributed by atoms with van der Waals surface area (Å²) >= 11 is 0. The maximum atomic E-state index is 5.67. The van der Waals surface area contributed by atoms with Crippen LogP contribution in [0, 0.1) is 13.8 Å². The third-order valence-corrected chi connectivity index (χ3v) is 3.57. The van der Waals surface area contributed by atoms with Crippen molar-refractivity contribution in [1.82, 2.24) is 0 Å². The van der Waals surface area contributed by atoms with E-state index in [4.69, 9.17) is 11.5 Å². The number of rotatable bonds is 6. The summed E-state index contributed by atoms with van der Waals surface area (Å²) in [5.74, 6) is 0. The zero-order valence-corrected chi connectivity index (χ0v) is 13.3. The molecule has 2 aromatic carbocycles. The van der Waals surface area contributed by atoms with E-state index in [9.17, 15) is 0 Å². The largest absolute Gasteiger partial charge is 0.330 e. The Kier molecular flexibility index (Phi) is 5.81. The van der Waals surface area contributed by atoms with Crippen molar-refractivity contribution in [1.29, 1.82) is 0 Å². The highest BCUT2D eigenvalue weighted by atomic mass is 15.1. The molecule has 0 amide bonds. The first kappa shape index (κ1) is 16.3. The summed E-state index contributed by atoms with van der Waals surface area (Å²) in [4.78, 5) is 0. The van der Waals surface area contributed by atoms with Crippen molar-refractivity contribution < 1.29 is 0 Å². The average molecular weight is 296 g/mol. The maximum absolute atomic E-state index is 5.67. The molecule has 0 aliphatic heterocycles. The van der Waals surface area contributed by atoms with Crippen LogP contribution >= 0.6 is 0 Å². The highest BCUT2D eigenvalue weighted by Gasteiger charge is 2.04. The molecule has 22 heavy (non-hydrogen) atoms. The highest BCUT2D eigenvalue weighted by Crippen LogP contribution is 2.27. The zero-order valence-electron chi connectivity index (χ0n) is 13.3. The van der Waals surface area contributed by atoms with Crippen molar-refractivity contribution in [2.45, 2.75) is 26.7 Å². The van der Waals surface area contributed by atoms with Gasteiger partial charge in [0, 0.05) is 0 Å². The van der Waals surface area contributed by atoms with Gasteiger partial charge in [0.1, 0.15) is 0 Å². The third kappa shape index (κ3) is 4.23. The van der Waals surface area contributed by atoms with E-state index in [-0.39, 0.29) is 0 Å². The smallest absolute Gasteiger partial charge is 0.0892 e. The van der Waals surface area contributed by atoms with Crippen LogP contribution in [0.2, 0.25) is 0 Å². The Balaban J connectivity index is 2.36. The fourth-order valence-corrected chi connectivity index (χ4v) is 2.38. The van der Waals surface area contributed by atoms with Crippen LogP contribution in [-0.4, -0.2) is 13.1 Å². The van der Waals surface area contributed by atoms with Crippen molar-refractivity contribution in [3.63, 3.8) is 0 Å². The van der Waals surface area contributed by atoms with Gasteiger partial charge in [0.2, 0.25) is 0 Å². The van der Waals surface area contributed by atoms with E-state index in [0.717, 1.165) is 35.3 Å². The van der Waals surface area contributed by atoms with Gasteiger partial charge in [-0.15, -0.1) is 0 Å². The molecule has 0 unspecified atom stereocenters. The Bertz CT molecular complexity index is 605. The SMILES string of the molecule is Cc1ccc(CCN)c(N=Nc2cc(C)ccc2CCN)c1. The van der Waals surface area contributed by atoms with Gasteiger partial charge in [-0.3, -0.25) is 0 Å². The molecule has 0 fully saturated rings. The van der Waals surface area contributed by atoms with E-state index in [2.05, 4.69) is 48.3 Å². The van der Waals surface area contributed by atoms with Gasteiger partial charge in [0.15, 0.2) is 0 Å². The molecule has 4 N–H and O–H groups in total. The van der Waals surface area contributed by atoms with Crippen LogP contribution in [0.4, 0.5) is 11.4 Å². The Morgan fingerprint density at radius 1 is 0.727 bits per heavy atom. The number of aryl methyl sites for hydroxylation is 2. The van der Waals surface area contributed by atoms with Crippen molar-refractivity contribution in [2.75, 3.05) is 13.1 Å². The van der Waals surface area contributed by atoms with E-state index < -0.39 is 0 Å². The summed E-state index contributed by atoms with van der Waals surface area (Å²) in [5, 5.41) is 8.94. The van der Waals surface area contributed by atoms with E-state index in [0.29, 0.717) is 13.1 Å². The monoisotopic (exact) mass is 296 g/mol. The molecule has 0 bridgehead atoms. The number of hydrogen-bond acceptors (Lipinski definition) is 4. The second-order valence-electron chi connectivity index (χ2n) is 5.54. The second-order valence-corrected chi connectivity index (χ2v) is 5.54. The van der Waals surface area contributed by atoms with Crippen molar-refractivity contribution in [3.05, 3.63) is 58.7 Å². The average Bonchev–Trinajstić information content (AvgIpc) is 2.50. The van der Waals surface area contributed by atoms with Gasteiger partial charge in [-0.1, -0.05) is 24.3 Å². The van der Waals surface area contributed by atoms with E-state index >= 15 is 0 Å². The first-order valence-electron chi connectivity index (χ1n) is 7.65. The second kappa shape index (κ2) is 7.82. The molecule has 0 atom stereocenters. The minimum atomic E-state index is 0.606. The standard InChI is InChI=1S/C18H24N4/c1-13-3-5-15(7-9-19)17(11-13)21-22-18-12-14(2)4-6-16(18)8-10-20/h3-6,11-12H,7-10,19-20H2,1-2H3. The molecule has 0 radical (unpaired) electrons. The van der Waals surface area contributed by atoms with Crippen molar-refractivity contribution in [2.24, 2.45) is 21.7 Å². The van der Waals surface area contributed by atoms with Crippen molar-refractivity contribution in [3.8, 4) is 0 Å². The van der Waals surface area contributed by atoms with Crippen LogP contribution in [0.5, 0.6) is 0 Å². The van der Waals surface area contributed by atoms with Crippen LogP contribution in [0.1, 0.15) is 22.3 Å². The maximum Gasteiger partial charge on any atom is 0.0892 e. The van der Waals surface area contributed by atoms with Crippen LogP contribution in [0.3, 0.4) is 0 Å². The van der Waals surface area contributed by atoms with Gasteiger partial charge in [0.05, 0.1) is 11.4 Å². The van der Waals surface area contributed by atoms with Gasteiger partial charge in [0.25, 0.3) is 0 Å². The summed E-state index contributed by atoms with van der Waals surface area (Å²) in [7, 11) is 0. The molecule has 0 saturated carbocycles. The minimum absolute atomic E-state index is 0.606. The van der Waals surface area contributed by atoms with Crippen LogP contribution in [0.15, 0.2) is 46.6 Å². The Morgan fingerprint density at radius 2 is 1.14 bits per heavy atom. The molecular formula is C18H24N4. The Labute approximate surface area is 132 Å². The van der Waals surface area contributed by atoms with Gasteiger partial charge >= 0.3 is 0 Å². The molecule has 4 nitrogen and oxygen atoms in total.